The molecule has 1 fully saturated rings. The molecule has 0 spiro atoms. The Morgan fingerprint density at radius 3 is 3.12 bits per heavy atom. The Bertz CT molecular complexity index is 718. The molecule has 0 N–H and O–H groups in total. The number of Topliss-reactive ketones (excluding diaryl/α,β-unsaturated/α-hetero) is 1. The zero-order chi connectivity index (χ0) is 16.9. The van der Waals surface area contributed by atoms with Crippen molar-refractivity contribution in [3.63, 3.8) is 0 Å². The van der Waals surface area contributed by atoms with Gasteiger partial charge in [-0.3, -0.25) is 4.79 Å². The second kappa shape index (κ2) is 7.71. The van der Waals surface area contributed by atoms with Crippen molar-refractivity contribution >= 4 is 17.5 Å². The standard InChI is InChI=1S/C15H17FN4O3S/c1-22-14-5-4-10(7-12(14)16)13(21)9-24-15-17-18-19-20(15)8-11-3-2-6-23-11/h4-5,7,11H,2-3,6,8-9H2,1H3. The van der Waals surface area contributed by atoms with E-state index in [4.69, 9.17) is 9.47 Å². The Kier molecular flexibility index (Phi) is 5.41. The number of ketones is 1. The molecule has 0 amide bonds. The topological polar surface area (TPSA) is 79.1 Å². The first kappa shape index (κ1) is 16.8. The average Bonchev–Trinajstić information content (AvgIpc) is 3.25. The van der Waals surface area contributed by atoms with E-state index in [1.807, 2.05) is 0 Å². The number of rotatable bonds is 7. The summed E-state index contributed by atoms with van der Waals surface area (Å²) in [6, 6.07) is 4.16. The monoisotopic (exact) mass is 352 g/mol. The van der Waals surface area contributed by atoms with Crippen molar-refractivity contribution in [2.45, 2.75) is 30.6 Å². The first-order valence-electron chi connectivity index (χ1n) is 7.54. The van der Waals surface area contributed by atoms with E-state index in [0.29, 0.717) is 17.3 Å². The Morgan fingerprint density at radius 1 is 1.54 bits per heavy atom. The second-order valence-electron chi connectivity index (χ2n) is 5.34. The van der Waals surface area contributed by atoms with Crippen LogP contribution < -0.4 is 4.74 Å². The number of hydrogen-bond donors (Lipinski definition) is 0. The van der Waals surface area contributed by atoms with E-state index in [9.17, 15) is 9.18 Å². The lowest BCUT2D eigenvalue weighted by Gasteiger charge is -2.09. The molecule has 128 valence electrons. The average molecular weight is 352 g/mol. The van der Waals surface area contributed by atoms with E-state index >= 15 is 0 Å². The van der Waals surface area contributed by atoms with Gasteiger partial charge in [0.05, 0.1) is 25.5 Å². The van der Waals surface area contributed by atoms with Gasteiger partial charge >= 0.3 is 0 Å². The predicted octanol–water partition coefficient (Wildman–Crippen LogP) is 1.97. The molecule has 0 bridgehead atoms. The van der Waals surface area contributed by atoms with Crippen LogP contribution in [-0.4, -0.2) is 51.6 Å². The quantitative estimate of drug-likeness (QED) is 0.557. The van der Waals surface area contributed by atoms with Gasteiger partial charge in [-0.2, -0.15) is 0 Å². The number of benzene rings is 1. The normalized spacial score (nSPS) is 17.2. The molecule has 1 aromatic heterocycles. The SMILES string of the molecule is COc1ccc(C(=O)CSc2nnnn2CC2CCCO2)cc1F. The predicted molar refractivity (Wildman–Crippen MR) is 84.8 cm³/mol. The van der Waals surface area contributed by atoms with Gasteiger partial charge in [0.2, 0.25) is 5.16 Å². The third kappa shape index (κ3) is 3.90. The van der Waals surface area contributed by atoms with Crippen LogP contribution in [0.3, 0.4) is 0 Å². The van der Waals surface area contributed by atoms with E-state index in [1.54, 1.807) is 10.7 Å². The lowest BCUT2D eigenvalue weighted by atomic mass is 10.1. The molecule has 0 aliphatic carbocycles. The number of carbonyl (C=O) groups excluding carboxylic acids is 1. The molecule has 24 heavy (non-hydrogen) atoms. The Hall–Kier alpha value is -2.00. The number of hydrogen-bond acceptors (Lipinski definition) is 7. The van der Waals surface area contributed by atoms with Gasteiger partial charge in [0.25, 0.3) is 0 Å². The highest BCUT2D eigenvalue weighted by molar-refractivity contribution is 7.99. The fourth-order valence-electron chi connectivity index (χ4n) is 2.45. The van der Waals surface area contributed by atoms with Crippen LogP contribution in [0.1, 0.15) is 23.2 Å². The molecule has 1 aromatic carbocycles. The molecular formula is C15H17FN4O3S. The summed E-state index contributed by atoms with van der Waals surface area (Å²) in [4.78, 5) is 12.2. The molecule has 3 rings (SSSR count). The molecule has 9 heteroatoms. The third-order valence-electron chi connectivity index (χ3n) is 3.71. The maximum atomic E-state index is 13.7. The zero-order valence-electron chi connectivity index (χ0n) is 13.1. The van der Waals surface area contributed by atoms with Crippen LogP contribution in [-0.2, 0) is 11.3 Å². The van der Waals surface area contributed by atoms with Crippen molar-refractivity contribution in [1.29, 1.82) is 0 Å². The molecule has 1 aliphatic heterocycles. The van der Waals surface area contributed by atoms with Crippen LogP contribution in [0.25, 0.3) is 0 Å². The van der Waals surface area contributed by atoms with Crippen molar-refractivity contribution in [2.75, 3.05) is 19.5 Å². The van der Waals surface area contributed by atoms with Crippen LogP contribution in [0.2, 0.25) is 0 Å². The Labute approximate surface area is 142 Å². The van der Waals surface area contributed by atoms with Crippen molar-refractivity contribution < 1.29 is 18.7 Å². The highest BCUT2D eigenvalue weighted by Gasteiger charge is 2.19. The van der Waals surface area contributed by atoms with Gasteiger partial charge in [-0.05, 0) is 41.5 Å². The number of aromatic nitrogens is 4. The van der Waals surface area contributed by atoms with Crippen LogP contribution >= 0.6 is 11.8 Å². The van der Waals surface area contributed by atoms with Crippen molar-refractivity contribution in [3.8, 4) is 5.75 Å². The number of thioether (sulfide) groups is 1. The fraction of sp³-hybridized carbons (Fsp3) is 0.467. The highest BCUT2D eigenvalue weighted by Crippen LogP contribution is 2.22. The van der Waals surface area contributed by atoms with Gasteiger partial charge in [0.15, 0.2) is 17.3 Å². The van der Waals surface area contributed by atoms with Gasteiger partial charge < -0.3 is 9.47 Å². The summed E-state index contributed by atoms with van der Waals surface area (Å²) in [5.74, 6) is -0.526. The molecule has 0 saturated carbocycles. The van der Waals surface area contributed by atoms with Crippen molar-refractivity contribution in [2.24, 2.45) is 0 Å². The minimum atomic E-state index is -0.559. The summed E-state index contributed by atoms with van der Waals surface area (Å²) in [7, 11) is 1.38. The number of halogens is 1. The molecule has 1 unspecified atom stereocenters. The summed E-state index contributed by atoms with van der Waals surface area (Å²) < 4.78 is 25.7. The molecular weight excluding hydrogens is 335 g/mol. The van der Waals surface area contributed by atoms with Crippen molar-refractivity contribution in [3.05, 3.63) is 29.6 Å². The van der Waals surface area contributed by atoms with E-state index in [2.05, 4.69) is 15.5 Å². The molecule has 2 heterocycles. The van der Waals surface area contributed by atoms with Gasteiger partial charge in [-0.15, -0.1) is 5.10 Å². The van der Waals surface area contributed by atoms with E-state index < -0.39 is 5.82 Å². The molecule has 1 atom stereocenters. The maximum Gasteiger partial charge on any atom is 0.209 e. The Morgan fingerprint density at radius 2 is 2.42 bits per heavy atom. The molecule has 1 aliphatic rings. The number of tetrazole rings is 1. The summed E-state index contributed by atoms with van der Waals surface area (Å²) in [5, 5.41) is 12.1. The summed E-state index contributed by atoms with van der Waals surface area (Å²) in [6.07, 6.45) is 2.13. The zero-order valence-corrected chi connectivity index (χ0v) is 14.0. The Balaban J connectivity index is 1.60. The minimum Gasteiger partial charge on any atom is -0.494 e. The minimum absolute atomic E-state index is 0.110. The lowest BCUT2D eigenvalue weighted by Crippen LogP contribution is -2.17. The lowest BCUT2D eigenvalue weighted by molar-refractivity contribution is 0.0912. The van der Waals surface area contributed by atoms with Gasteiger partial charge in [0, 0.05) is 12.2 Å². The van der Waals surface area contributed by atoms with Crippen LogP contribution in [0.5, 0.6) is 5.75 Å². The largest absolute Gasteiger partial charge is 0.494 e. The molecule has 2 aromatic rings. The number of methoxy groups -OCH3 is 1. The van der Waals surface area contributed by atoms with E-state index in [0.717, 1.165) is 19.4 Å². The van der Waals surface area contributed by atoms with Crippen LogP contribution in [0.4, 0.5) is 4.39 Å². The first-order valence-corrected chi connectivity index (χ1v) is 8.53. The van der Waals surface area contributed by atoms with E-state index in [1.165, 1.54) is 31.0 Å². The number of ether oxygens (including phenoxy) is 2. The summed E-state index contributed by atoms with van der Waals surface area (Å²) in [6.45, 7) is 1.33. The van der Waals surface area contributed by atoms with Gasteiger partial charge in [-0.1, -0.05) is 11.8 Å². The summed E-state index contributed by atoms with van der Waals surface area (Å²) >= 11 is 1.22. The molecule has 7 nitrogen and oxygen atoms in total. The molecule has 1 saturated heterocycles. The number of nitrogens with zero attached hydrogens (tertiary/aromatic N) is 4. The fourth-order valence-corrected chi connectivity index (χ4v) is 3.23. The van der Waals surface area contributed by atoms with Crippen molar-refractivity contribution in [1.82, 2.24) is 20.2 Å². The third-order valence-corrected chi connectivity index (χ3v) is 4.66. The number of carbonyl (C=O) groups is 1. The van der Waals surface area contributed by atoms with Crippen LogP contribution in [0.15, 0.2) is 23.4 Å². The first-order chi connectivity index (χ1) is 11.7. The summed E-state index contributed by atoms with van der Waals surface area (Å²) in [5.41, 5.74) is 0.291. The second-order valence-corrected chi connectivity index (χ2v) is 6.28. The van der Waals surface area contributed by atoms with E-state index in [-0.39, 0.29) is 23.4 Å². The van der Waals surface area contributed by atoms with Crippen LogP contribution in [0, 0.1) is 5.82 Å². The molecule has 0 radical (unpaired) electrons. The smallest absolute Gasteiger partial charge is 0.209 e. The highest BCUT2D eigenvalue weighted by atomic mass is 32.2. The van der Waals surface area contributed by atoms with Gasteiger partial charge in [-0.25, -0.2) is 9.07 Å². The maximum absolute atomic E-state index is 13.7. The van der Waals surface area contributed by atoms with Gasteiger partial charge in [0.1, 0.15) is 0 Å².